The highest BCUT2D eigenvalue weighted by Crippen LogP contribution is 2.22. The van der Waals surface area contributed by atoms with Crippen LogP contribution in [0.25, 0.3) is 0 Å². The van der Waals surface area contributed by atoms with E-state index in [-0.39, 0.29) is 85.1 Å². The number of hydrogen-bond acceptors (Lipinski definition) is 18. The molecule has 6 rings (SSSR count). The molecule has 0 radical (unpaired) electrons. The van der Waals surface area contributed by atoms with E-state index in [1.54, 1.807) is 54.6 Å². The molecule has 6 unspecified atom stereocenters. The van der Waals surface area contributed by atoms with E-state index in [0.717, 1.165) is 32.5 Å². The maximum Gasteiger partial charge on any atom is 1.00 e. The monoisotopic (exact) mass is 984 g/mol. The lowest BCUT2D eigenvalue weighted by Crippen LogP contribution is -2.41. The Hall–Kier alpha value is -6.17. The number of likely N-dealkylation sites (tertiary alicyclic amines) is 1. The summed E-state index contributed by atoms with van der Waals surface area (Å²) in [5, 5.41) is 45.0. The minimum atomic E-state index is -0.603. The van der Waals surface area contributed by atoms with Crippen LogP contribution in [0.4, 0.5) is 21.9 Å². The molecular weight excluding hydrogens is 905 g/mol. The van der Waals surface area contributed by atoms with Crippen molar-refractivity contribution in [3.63, 3.8) is 0 Å². The molecule has 22 nitrogen and oxygen atoms in total. The number of aliphatic hydroxyl groups is 1. The van der Waals surface area contributed by atoms with Crippen LogP contribution in [0.1, 0.15) is 71.2 Å². The SMILES string of the molecule is C.C.C.C.CCOC1CC(C(=O)OC)N(C(=O)OC)C1.CCOC1CNC(C(=O)OC)C1.CCOC1CNC(CO)C1.O=[N+]([O-])c1ccccc1.O=[N+]([O-])c1ccccc1.O=[N+]([O-])c1ccccc1.[H+]. The number of aliphatic hydroxyl groups excluding tert-OH is 1. The number of nitrogens with zero attached hydrogens (tertiary/aromatic N) is 4. The molecule has 3 aliphatic rings. The summed E-state index contributed by atoms with van der Waals surface area (Å²) in [5.41, 5.74) is 0.410. The van der Waals surface area contributed by atoms with Gasteiger partial charge in [0.05, 0.1) is 67.6 Å². The second-order valence-electron chi connectivity index (χ2n) is 13.7. The van der Waals surface area contributed by atoms with Crippen LogP contribution in [0.5, 0.6) is 0 Å². The molecule has 69 heavy (non-hydrogen) atoms. The minimum absolute atomic E-state index is 0. The van der Waals surface area contributed by atoms with Crippen molar-refractivity contribution >= 4 is 35.1 Å². The number of nitro groups is 3. The summed E-state index contributed by atoms with van der Waals surface area (Å²) in [6.07, 6.45) is 1.95. The van der Waals surface area contributed by atoms with Crippen molar-refractivity contribution in [2.45, 2.75) is 106 Å². The molecule has 0 saturated carbocycles. The van der Waals surface area contributed by atoms with Crippen molar-refractivity contribution in [1.82, 2.24) is 15.5 Å². The number of carbonyl (C=O) groups is 3. The molecule has 3 saturated heterocycles. The summed E-state index contributed by atoms with van der Waals surface area (Å²) in [6, 6.07) is 23.3. The average Bonchev–Trinajstić information content (AvgIpc) is 4.11. The summed E-state index contributed by atoms with van der Waals surface area (Å²) < 4.78 is 30.0. The standard InChI is InChI=1S/C10H17NO5.C8H15NO3.C7H15NO2.3C6H5NO2.4CH4/c1-4-16-7-5-8(9(12)14-2)11(6-7)10(13)15-3;1-3-12-6-4-7(9-5-6)8(10)11-2;1-2-10-7-3-6(5-9)8-4-7;3*8-7(9)6-4-2-1-3-5-6;;;;/h7-8H,4-6H2,1-3H3;6-7,9H,3-5H2,1-2H3;6-9H,2-5H2,1H3;3*1-5H;4*1H4/p+1. The summed E-state index contributed by atoms with van der Waals surface area (Å²) >= 11 is 0. The molecule has 3 N–H and O–H groups in total. The predicted octanol–water partition coefficient (Wildman–Crippen LogP) is 7.52. The zero-order chi connectivity index (χ0) is 48.6. The third-order valence-corrected chi connectivity index (χ3v) is 9.23. The summed E-state index contributed by atoms with van der Waals surface area (Å²) in [6.45, 7) is 10.0. The van der Waals surface area contributed by atoms with Gasteiger partial charge in [-0.2, -0.15) is 0 Å². The number of esters is 2. The first-order valence-electron chi connectivity index (χ1n) is 20.7. The van der Waals surface area contributed by atoms with Gasteiger partial charge in [0.2, 0.25) is 0 Å². The Labute approximate surface area is 408 Å². The number of rotatable bonds is 12. The first-order chi connectivity index (χ1) is 31.2. The molecule has 3 fully saturated rings. The highest BCUT2D eigenvalue weighted by molar-refractivity contribution is 5.82. The lowest BCUT2D eigenvalue weighted by molar-refractivity contribution is -0.385. The van der Waals surface area contributed by atoms with Crippen LogP contribution >= 0.6 is 0 Å². The fourth-order valence-electron chi connectivity index (χ4n) is 6.15. The molecule has 392 valence electrons. The van der Waals surface area contributed by atoms with E-state index in [9.17, 15) is 44.7 Å². The van der Waals surface area contributed by atoms with Crippen LogP contribution in [-0.4, -0.2) is 147 Å². The third kappa shape index (κ3) is 28.0. The van der Waals surface area contributed by atoms with Crippen molar-refractivity contribution < 1.29 is 64.1 Å². The number of non-ortho nitro benzene ring substituents is 3. The maximum absolute atomic E-state index is 11.5. The second kappa shape index (κ2) is 40.9. The zero-order valence-corrected chi connectivity index (χ0v) is 37.6. The van der Waals surface area contributed by atoms with Crippen molar-refractivity contribution in [1.29, 1.82) is 0 Å². The highest BCUT2D eigenvalue weighted by Gasteiger charge is 2.41. The minimum Gasteiger partial charge on any atom is -0.468 e. The number of hydrogen-bond donors (Lipinski definition) is 3. The number of carbonyl (C=O) groups excluding carboxylic acids is 3. The molecule has 0 aromatic heterocycles. The first kappa shape index (κ1) is 69.4. The van der Waals surface area contributed by atoms with Crippen molar-refractivity contribution in [2.75, 3.05) is 67.4 Å². The van der Waals surface area contributed by atoms with Gasteiger partial charge in [0, 0.05) is 88.2 Å². The molecule has 0 spiro atoms. The average molecular weight is 984 g/mol. The molecule has 0 bridgehead atoms. The van der Waals surface area contributed by atoms with E-state index < -0.39 is 32.9 Å². The van der Waals surface area contributed by atoms with Gasteiger partial charge in [0.1, 0.15) is 12.1 Å². The topological polar surface area (TPSA) is 284 Å². The number of ether oxygens (including phenoxy) is 6. The number of nitro benzene ring substituents is 3. The normalized spacial score (nSPS) is 18.9. The van der Waals surface area contributed by atoms with Gasteiger partial charge in [-0.3, -0.25) is 40.0 Å². The van der Waals surface area contributed by atoms with Gasteiger partial charge in [0.25, 0.3) is 17.1 Å². The molecule has 3 aromatic rings. The number of amides is 1. The second-order valence-corrected chi connectivity index (χ2v) is 13.7. The number of methoxy groups -OCH3 is 3. The van der Waals surface area contributed by atoms with E-state index in [2.05, 4.69) is 24.8 Å². The van der Waals surface area contributed by atoms with Crippen LogP contribution in [0.15, 0.2) is 91.0 Å². The molecular formula is C47H79N6O16+. The van der Waals surface area contributed by atoms with Crippen LogP contribution in [0.2, 0.25) is 0 Å². The fourth-order valence-corrected chi connectivity index (χ4v) is 6.15. The molecule has 3 aliphatic heterocycles. The number of benzene rings is 3. The summed E-state index contributed by atoms with van der Waals surface area (Å²) in [5.74, 6) is -0.634. The van der Waals surface area contributed by atoms with Gasteiger partial charge in [-0.1, -0.05) is 84.3 Å². The third-order valence-electron chi connectivity index (χ3n) is 9.23. The van der Waals surface area contributed by atoms with Crippen LogP contribution in [0.3, 0.4) is 0 Å². The van der Waals surface area contributed by atoms with Crippen LogP contribution < -0.4 is 10.6 Å². The lowest BCUT2D eigenvalue weighted by atomic mass is 10.2. The number of nitrogens with one attached hydrogen (secondary N) is 2. The lowest BCUT2D eigenvalue weighted by Gasteiger charge is -2.20. The van der Waals surface area contributed by atoms with Crippen molar-refractivity contribution in [3.05, 3.63) is 121 Å². The Bertz CT molecular complexity index is 1680. The Morgan fingerprint density at radius 2 is 0.971 bits per heavy atom. The first-order valence-corrected chi connectivity index (χ1v) is 20.7. The molecule has 0 aliphatic carbocycles. The summed E-state index contributed by atoms with van der Waals surface area (Å²) in [4.78, 5) is 64.0. The van der Waals surface area contributed by atoms with E-state index in [0.29, 0.717) is 32.3 Å². The van der Waals surface area contributed by atoms with Gasteiger partial charge in [-0.05, 0) is 27.2 Å². The Morgan fingerprint density at radius 3 is 1.29 bits per heavy atom. The van der Waals surface area contributed by atoms with Gasteiger partial charge < -0.3 is 44.2 Å². The Balaban J connectivity index is -0.000000241. The smallest absolute Gasteiger partial charge is 0.468 e. The predicted molar refractivity (Wildman–Crippen MR) is 265 cm³/mol. The van der Waals surface area contributed by atoms with Gasteiger partial charge in [0.15, 0.2) is 0 Å². The Kier molecular flexibility index (Phi) is 41.1. The van der Waals surface area contributed by atoms with Gasteiger partial charge in [-0.15, -0.1) is 0 Å². The van der Waals surface area contributed by atoms with Crippen molar-refractivity contribution in [2.24, 2.45) is 0 Å². The fraction of sp³-hybridized carbons (Fsp3) is 0.553. The van der Waals surface area contributed by atoms with E-state index in [1.165, 1.54) is 62.6 Å². The van der Waals surface area contributed by atoms with E-state index in [4.69, 9.17) is 19.3 Å². The zero-order valence-electron chi connectivity index (χ0n) is 38.6. The van der Waals surface area contributed by atoms with Crippen molar-refractivity contribution in [3.8, 4) is 0 Å². The van der Waals surface area contributed by atoms with E-state index in [1.807, 2.05) is 20.8 Å². The molecule has 22 heteroatoms. The summed E-state index contributed by atoms with van der Waals surface area (Å²) in [7, 11) is 3.98. The van der Waals surface area contributed by atoms with Crippen LogP contribution in [-0.2, 0) is 38.0 Å². The Morgan fingerprint density at radius 1 is 0.594 bits per heavy atom. The quantitative estimate of drug-likeness (QED) is 0.0684. The van der Waals surface area contributed by atoms with E-state index >= 15 is 0 Å². The largest absolute Gasteiger partial charge is 1.00 e. The van der Waals surface area contributed by atoms with Gasteiger partial charge >= 0.3 is 19.5 Å². The van der Waals surface area contributed by atoms with Gasteiger partial charge in [-0.25, -0.2) is 9.59 Å². The maximum atomic E-state index is 11.5. The highest BCUT2D eigenvalue weighted by atomic mass is 16.6. The molecule has 1 amide bonds. The molecule has 3 aromatic carbocycles. The molecule has 6 atom stereocenters. The molecule has 3 heterocycles. The number of para-hydroxylation sites is 3. The van der Waals surface area contributed by atoms with Crippen LogP contribution in [0, 0.1) is 30.3 Å².